The Hall–Kier alpha value is -2.08. The molecular formula is C20H26O5. The highest BCUT2D eigenvalue weighted by molar-refractivity contribution is 5.77. The summed E-state index contributed by atoms with van der Waals surface area (Å²) in [6.45, 7) is 2.40. The molecule has 0 heterocycles. The molecule has 0 saturated carbocycles. The van der Waals surface area contributed by atoms with Gasteiger partial charge in [-0.1, -0.05) is 37.3 Å². The average Bonchev–Trinajstić information content (AvgIpc) is 2.65. The van der Waals surface area contributed by atoms with Crippen molar-refractivity contribution in [1.82, 2.24) is 0 Å². The number of rotatable bonds is 10. The molecule has 25 heavy (non-hydrogen) atoms. The van der Waals surface area contributed by atoms with Crippen LogP contribution in [0, 0.1) is 0 Å². The molecule has 0 aliphatic heterocycles. The molecule has 0 bridgehead atoms. The van der Waals surface area contributed by atoms with E-state index in [1.54, 1.807) is 14.2 Å². The van der Waals surface area contributed by atoms with E-state index in [0.717, 1.165) is 28.7 Å². The van der Waals surface area contributed by atoms with Crippen molar-refractivity contribution in [2.75, 3.05) is 34.4 Å². The van der Waals surface area contributed by atoms with Gasteiger partial charge in [0.05, 0.1) is 0 Å². The Bertz CT molecular complexity index is 655. The normalized spacial score (nSPS) is 10.7. The zero-order valence-electron chi connectivity index (χ0n) is 15.1. The largest absolute Gasteiger partial charge is 0.467 e. The Labute approximate surface area is 149 Å². The summed E-state index contributed by atoms with van der Waals surface area (Å²) in [6.07, 6.45) is 1.29. The molecule has 136 valence electrons. The fourth-order valence-corrected chi connectivity index (χ4v) is 2.91. The predicted molar refractivity (Wildman–Crippen MR) is 97.1 cm³/mol. The zero-order valence-corrected chi connectivity index (χ0v) is 15.1. The molecule has 0 aliphatic rings. The molecule has 0 aromatic heterocycles. The fourth-order valence-electron chi connectivity index (χ4n) is 2.91. The van der Waals surface area contributed by atoms with Crippen LogP contribution in [0.15, 0.2) is 36.4 Å². The van der Waals surface area contributed by atoms with Gasteiger partial charge in [-0.2, -0.15) is 0 Å². The molecule has 0 saturated heterocycles. The highest BCUT2D eigenvalue weighted by Gasteiger charge is 2.20. The van der Waals surface area contributed by atoms with E-state index in [4.69, 9.17) is 18.9 Å². The summed E-state index contributed by atoms with van der Waals surface area (Å²) in [5, 5.41) is 9.61. The molecule has 2 rings (SSSR count). The first-order valence-corrected chi connectivity index (χ1v) is 8.35. The topological polar surface area (TPSA) is 57.2 Å². The molecule has 0 amide bonds. The van der Waals surface area contributed by atoms with Crippen LogP contribution in [0.4, 0.5) is 0 Å². The number of hydrogen-bond acceptors (Lipinski definition) is 5. The number of methoxy groups -OCH3 is 2. The van der Waals surface area contributed by atoms with Gasteiger partial charge in [-0.3, -0.25) is 0 Å². The van der Waals surface area contributed by atoms with Gasteiger partial charge in [0.15, 0.2) is 13.6 Å². The van der Waals surface area contributed by atoms with Crippen molar-refractivity contribution >= 4 is 0 Å². The highest BCUT2D eigenvalue weighted by Crippen LogP contribution is 2.41. The van der Waals surface area contributed by atoms with E-state index in [0.29, 0.717) is 17.9 Å². The van der Waals surface area contributed by atoms with Crippen molar-refractivity contribution in [2.45, 2.75) is 19.8 Å². The Balaban J connectivity index is 2.66. The SMILES string of the molecule is CCc1c(OCOC)cc(OCOC)c(-c2ccccc2)c1CCO. The zero-order chi connectivity index (χ0) is 18.1. The van der Waals surface area contributed by atoms with E-state index in [1.165, 1.54) is 0 Å². The minimum absolute atomic E-state index is 0.0459. The summed E-state index contributed by atoms with van der Waals surface area (Å²) in [4.78, 5) is 0. The van der Waals surface area contributed by atoms with Gasteiger partial charge < -0.3 is 24.1 Å². The van der Waals surface area contributed by atoms with E-state index < -0.39 is 0 Å². The highest BCUT2D eigenvalue weighted by atomic mass is 16.7. The summed E-state index contributed by atoms with van der Waals surface area (Å²) in [6, 6.07) is 11.9. The van der Waals surface area contributed by atoms with Crippen molar-refractivity contribution in [3.8, 4) is 22.6 Å². The van der Waals surface area contributed by atoms with Crippen molar-refractivity contribution < 1.29 is 24.1 Å². The maximum absolute atomic E-state index is 9.61. The van der Waals surface area contributed by atoms with E-state index >= 15 is 0 Å². The van der Waals surface area contributed by atoms with Gasteiger partial charge in [-0.05, 0) is 29.5 Å². The molecule has 0 fully saturated rings. The van der Waals surface area contributed by atoms with Gasteiger partial charge in [0.25, 0.3) is 0 Å². The lowest BCUT2D eigenvalue weighted by atomic mass is 9.90. The lowest BCUT2D eigenvalue weighted by Gasteiger charge is -2.22. The lowest BCUT2D eigenvalue weighted by molar-refractivity contribution is 0.0457. The third-order valence-corrected chi connectivity index (χ3v) is 3.91. The van der Waals surface area contributed by atoms with Gasteiger partial charge in [0.1, 0.15) is 11.5 Å². The van der Waals surface area contributed by atoms with Crippen LogP contribution in [0.5, 0.6) is 11.5 Å². The van der Waals surface area contributed by atoms with Gasteiger partial charge in [-0.15, -0.1) is 0 Å². The number of aliphatic hydroxyl groups is 1. The fraction of sp³-hybridized carbons (Fsp3) is 0.400. The van der Waals surface area contributed by atoms with Crippen molar-refractivity contribution in [3.05, 3.63) is 47.5 Å². The second kappa shape index (κ2) is 10.0. The van der Waals surface area contributed by atoms with Crippen molar-refractivity contribution in [2.24, 2.45) is 0 Å². The van der Waals surface area contributed by atoms with E-state index in [2.05, 4.69) is 6.92 Å². The number of hydrogen-bond donors (Lipinski definition) is 1. The molecule has 0 radical (unpaired) electrons. The van der Waals surface area contributed by atoms with E-state index in [1.807, 2.05) is 36.4 Å². The van der Waals surface area contributed by atoms with Gasteiger partial charge in [0.2, 0.25) is 0 Å². The molecule has 2 aromatic rings. The second-order valence-corrected chi connectivity index (χ2v) is 5.50. The predicted octanol–water partition coefficient (Wildman–Crippen LogP) is 3.42. The minimum Gasteiger partial charge on any atom is -0.467 e. The minimum atomic E-state index is 0.0459. The maximum atomic E-state index is 9.61. The van der Waals surface area contributed by atoms with Crippen LogP contribution >= 0.6 is 0 Å². The number of aliphatic hydroxyl groups excluding tert-OH is 1. The van der Waals surface area contributed by atoms with E-state index in [9.17, 15) is 5.11 Å². The third kappa shape index (κ3) is 4.72. The first kappa shape index (κ1) is 19.2. The van der Waals surface area contributed by atoms with Crippen molar-refractivity contribution in [1.29, 1.82) is 0 Å². The second-order valence-electron chi connectivity index (χ2n) is 5.50. The van der Waals surface area contributed by atoms with Gasteiger partial charge >= 0.3 is 0 Å². The quantitative estimate of drug-likeness (QED) is 0.668. The van der Waals surface area contributed by atoms with Crippen LogP contribution in [0.25, 0.3) is 11.1 Å². The Morgan fingerprint density at radius 1 is 0.880 bits per heavy atom. The van der Waals surface area contributed by atoms with Gasteiger partial charge in [0, 0.05) is 32.5 Å². The van der Waals surface area contributed by atoms with E-state index in [-0.39, 0.29) is 20.2 Å². The Morgan fingerprint density at radius 2 is 1.52 bits per heavy atom. The summed E-state index contributed by atoms with van der Waals surface area (Å²) < 4.78 is 21.7. The first-order valence-electron chi connectivity index (χ1n) is 8.35. The summed E-state index contributed by atoms with van der Waals surface area (Å²) in [5.41, 5.74) is 4.07. The Morgan fingerprint density at radius 3 is 2.08 bits per heavy atom. The standard InChI is InChI=1S/C20H26O5/c1-4-16-17(10-11-21)20(15-8-6-5-7-9-15)19(25-14-23-3)12-18(16)24-13-22-2/h5-9,12,21H,4,10-11,13-14H2,1-3H3. The van der Waals surface area contributed by atoms with Crippen LogP contribution in [0.2, 0.25) is 0 Å². The Kier molecular flexibility index (Phi) is 7.73. The van der Waals surface area contributed by atoms with Crippen molar-refractivity contribution in [3.63, 3.8) is 0 Å². The van der Waals surface area contributed by atoms with Crippen LogP contribution in [0.3, 0.4) is 0 Å². The molecule has 5 nitrogen and oxygen atoms in total. The molecule has 0 unspecified atom stereocenters. The monoisotopic (exact) mass is 346 g/mol. The summed E-state index contributed by atoms with van der Waals surface area (Å²) >= 11 is 0. The van der Waals surface area contributed by atoms with Gasteiger partial charge in [-0.25, -0.2) is 0 Å². The molecule has 1 N–H and O–H groups in total. The lowest BCUT2D eigenvalue weighted by Crippen LogP contribution is -2.09. The molecule has 5 heteroatoms. The van der Waals surface area contributed by atoms with Crippen LogP contribution < -0.4 is 9.47 Å². The molecular weight excluding hydrogens is 320 g/mol. The van der Waals surface area contributed by atoms with Crippen LogP contribution in [-0.2, 0) is 22.3 Å². The smallest absolute Gasteiger partial charge is 0.188 e. The first-order chi connectivity index (χ1) is 12.3. The number of ether oxygens (including phenoxy) is 4. The molecule has 0 atom stereocenters. The molecule has 0 spiro atoms. The third-order valence-electron chi connectivity index (χ3n) is 3.91. The van der Waals surface area contributed by atoms with Crippen LogP contribution in [0.1, 0.15) is 18.1 Å². The maximum Gasteiger partial charge on any atom is 0.188 e. The molecule has 0 aliphatic carbocycles. The molecule has 2 aromatic carbocycles. The van der Waals surface area contributed by atoms with Crippen LogP contribution in [-0.4, -0.2) is 39.5 Å². The summed E-state index contributed by atoms with van der Waals surface area (Å²) in [5.74, 6) is 1.37. The number of benzene rings is 2. The average molecular weight is 346 g/mol. The summed E-state index contributed by atoms with van der Waals surface area (Å²) in [7, 11) is 3.17.